The first-order valence-corrected chi connectivity index (χ1v) is 7.12. The van der Waals surface area contributed by atoms with Crippen molar-refractivity contribution in [2.75, 3.05) is 13.7 Å². The van der Waals surface area contributed by atoms with Crippen molar-refractivity contribution in [3.63, 3.8) is 0 Å². The predicted octanol–water partition coefficient (Wildman–Crippen LogP) is 2.24. The predicted molar refractivity (Wildman–Crippen MR) is 75.5 cm³/mol. The number of likely N-dealkylation sites (tertiary alicyclic amines) is 1. The summed E-state index contributed by atoms with van der Waals surface area (Å²) in [6.07, 6.45) is 4.46. The third kappa shape index (κ3) is 2.71. The third-order valence-corrected chi connectivity index (χ3v) is 3.79. The van der Waals surface area contributed by atoms with Crippen molar-refractivity contribution in [3.05, 3.63) is 24.0 Å². The normalized spacial score (nSPS) is 19.2. The molecule has 2 rings (SSSR count). The van der Waals surface area contributed by atoms with Crippen LogP contribution in [-0.4, -0.2) is 41.0 Å². The Hall–Kier alpha value is -1.78. The maximum atomic E-state index is 12.7. The lowest BCUT2D eigenvalue weighted by atomic mass is 10.0. The van der Waals surface area contributed by atoms with E-state index in [1.807, 2.05) is 36.7 Å². The number of piperidine rings is 1. The molecule has 1 atom stereocenters. The van der Waals surface area contributed by atoms with Crippen LogP contribution in [0.5, 0.6) is 0 Å². The van der Waals surface area contributed by atoms with Crippen molar-refractivity contribution in [1.82, 2.24) is 9.47 Å². The van der Waals surface area contributed by atoms with Crippen molar-refractivity contribution >= 4 is 11.9 Å². The van der Waals surface area contributed by atoms with Gasteiger partial charge in [0, 0.05) is 18.8 Å². The Morgan fingerprint density at radius 2 is 2.10 bits per heavy atom. The van der Waals surface area contributed by atoms with Gasteiger partial charge in [-0.1, -0.05) is 0 Å². The number of ether oxygens (including phenoxy) is 1. The molecular formula is C15H22N2O3. The van der Waals surface area contributed by atoms with Crippen molar-refractivity contribution in [1.29, 1.82) is 0 Å². The smallest absolute Gasteiger partial charge is 0.328 e. The van der Waals surface area contributed by atoms with Gasteiger partial charge in [-0.25, -0.2) is 4.79 Å². The zero-order chi connectivity index (χ0) is 14.7. The Labute approximate surface area is 119 Å². The van der Waals surface area contributed by atoms with E-state index in [4.69, 9.17) is 4.74 Å². The monoisotopic (exact) mass is 278 g/mol. The van der Waals surface area contributed by atoms with Crippen LogP contribution in [0.25, 0.3) is 0 Å². The zero-order valence-electron chi connectivity index (χ0n) is 12.3. The molecule has 0 bridgehead atoms. The van der Waals surface area contributed by atoms with E-state index in [1.54, 1.807) is 4.90 Å². The molecule has 1 fully saturated rings. The Morgan fingerprint density at radius 1 is 1.35 bits per heavy atom. The van der Waals surface area contributed by atoms with Crippen LogP contribution < -0.4 is 0 Å². The molecule has 1 aromatic heterocycles. The molecule has 0 N–H and O–H groups in total. The van der Waals surface area contributed by atoms with Gasteiger partial charge in [0.25, 0.3) is 5.91 Å². The number of carbonyl (C=O) groups is 2. The largest absolute Gasteiger partial charge is 0.467 e. The molecule has 0 aliphatic carbocycles. The first-order valence-electron chi connectivity index (χ1n) is 7.12. The first kappa shape index (κ1) is 14.6. The molecule has 2 heterocycles. The molecule has 0 aromatic carbocycles. The number of hydrogen-bond acceptors (Lipinski definition) is 3. The van der Waals surface area contributed by atoms with E-state index in [1.165, 1.54) is 7.11 Å². The molecule has 1 aromatic rings. The number of amides is 1. The van der Waals surface area contributed by atoms with Crippen molar-refractivity contribution in [2.45, 2.75) is 45.2 Å². The van der Waals surface area contributed by atoms with Crippen LogP contribution in [0.2, 0.25) is 0 Å². The molecule has 20 heavy (non-hydrogen) atoms. The molecule has 1 saturated heterocycles. The average Bonchev–Trinajstić information content (AvgIpc) is 2.95. The highest BCUT2D eigenvalue weighted by molar-refractivity contribution is 5.95. The van der Waals surface area contributed by atoms with Crippen LogP contribution in [0.4, 0.5) is 0 Å². The second-order valence-corrected chi connectivity index (χ2v) is 5.43. The van der Waals surface area contributed by atoms with Crippen molar-refractivity contribution in [2.24, 2.45) is 0 Å². The SMILES string of the molecule is COC(=O)C1CCCCN1C(=O)c1cccn1C(C)C. The number of hydrogen-bond donors (Lipinski definition) is 0. The average molecular weight is 278 g/mol. The Bertz CT molecular complexity index is 493. The lowest BCUT2D eigenvalue weighted by molar-refractivity contribution is -0.147. The molecule has 5 nitrogen and oxygen atoms in total. The number of carbonyl (C=O) groups excluding carboxylic acids is 2. The highest BCUT2D eigenvalue weighted by Gasteiger charge is 2.34. The Kier molecular flexibility index (Phi) is 4.47. The summed E-state index contributed by atoms with van der Waals surface area (Å²) in [5.41, 5.74) is 0.635. The lowest BCUT2D eigenvalue weighted by Gasteiger charge is -2.34. The molecule has 1 aliphatic rings. The van der Waals surface area contributed by atoms with Crippen LogP contribution in [-0.2, 0) is 9.53 Å². The lowest BCUT2D eigenvalue weighted by Crippen LogP contribution is -2.49. The minimum atomic E-state index is -0.447. The third-order valence-electron chi connectivity index (χ3n) is 3.79. The summed E-state index contributed by atoms with van der Waals surface area (Å²) in [7, 11) is 1.37. The van der Waals surface area contributed by atoms with Gasteiger partial charge in [-0.3, -0.25) is 4.79 Å². The van der Waals surface area contributed by atoms with E-state index in [0.29, 0.717) is 18.7 Å². The van der Waals surface area contributed by atoms with Gasteiger partial charge >= 0.3 is 5.97 Å². The quantitative estimate of drug-likeness (QED) is 0.797. The highest BCUT2D eigenvalue weighted by atomic mass is 16.5. The molecule has 110 valence electrons. The summed E-state index contributed by atoms with van der Waals surface area (Å²) >= 11 is 0. The molecule has 0 radical (unpaired) electrons. The second-order valence-electron chi connectivity index (χ2n) is 5.43. The number of aromatic nitrogens is 1. The molecule has 0 saturated carbocycles. The zero-order valence-corrected chi connectivity index (χ0v) is 12.3. The van der Waals surface area contributed by atoms with Crippen LogP contribution >= 0.6 is 0 Å². The van der Waals surface area contributed by atoms with E-state index >= 15 is 0 Å². The van der Waals surface area contributed by atoms with E-state index < -0.39 is 6.04 Å². The summed E-state index contributed by atoms with van der Waals surface area (Å²) in [6.45, 7) is 4.68. The molecule has 0 spiro atoms. The minimum absolute atomic E-state index is 0.0844. The van der Waals surface area contributed by atoms with E-state index in [0.717, 1.165) is 12.8 Å². The Morgan fingerprint density at radius 3 is 2.75 bits per heavy atom. The van der Waals surface area contributed by atoms with Crippen LogP contribution in [0, 0.1) is 0 Å². The fraction of sp³-hybridized carbons (Fsp3) is 0.600. The van der Waals surface area contributed by atoms with Gasteiger partial charge in [0.15, 0.2) is 0 Å². The number of esters is 1. The summed E-state index contributed by atoms with van der Waals surface area (Å²) in [5.74, 6) is -0.403. The van der Waals surface area contributed by atoms with E-state index in [-0.39, 0.29) is 17.9 Å². The summed E-state index contributed by atoms with van der Waals surface area (Å²) in [5, 5.41) is 0. The summed E-state index contributed by atoms with van der Waals surface area (Å²) in [6, 6.07) is 3.44. The Balaban J connectivity index is 2.25. The standard InChI is InChI=1S/C15H22N2O3/c1-11(2)16-10-6-8-12(16)14(18)17-9-5-4-7-13(17)15(19)20-3/h6,8,10-11,13H,4-5,7,9H2,1-3H3. The summed E-state index contributed by atoms with van der Waals surface area (Å²) < 4.78 is 6.76. The van der Waals surface area contributed by atoms with Crippen molar-refractivity contribution in [3.8, 4) is 0 Å². The maximum absolute atomic E-state index is 12.7. The molecule has 1 amide bonds. The fourth-order valence-corrected chi connectivity index (χ4v) is 2.73. The number of nitrogens with zero attached hydrogens (tertiary/aromatic N) is 2. The van der Waals surface area contributed by atoms with Gasteiger partial charge in [-0.2, -0.15) is 0 Å². The van der Waals surface area contributed by atoms with E-state index in [9.17, 15) is 9.59 Å². The van der Waals surface area contributed by atoms with Gasteiger partial charge in [0.05, 0.1) is 7.11 Å². The topological polar surface area (TPSA) is 51.5 Å². The van der Waals surface area contributed by atoms with Crippen molar-refractivity contribution < 1.29 is 14.3 Å². The van der Waals surface area contributed by atoms with Gasteiger partial charge in [-0.15, -0.1) is 0 Å². The van der Waals surface area contributed by atoms with E-state index in [2.05, 4.69) is 0 Å². The molecule has 1 unspecified atom stereocenters. The number of methoxy groups -OCH3 is 1. The molecule has 5 heteroatoms. The maximum Gasteiger partial charge on any atom is 0.328 e. The minimum Gasteiger partial charge on any atom is -0.467 e. The fourth-order valence-electron chi connectivity index (χ4n) is 2.73. The van der Waals surface area contributed by atoms with Crippen LogP contribution in [0.15, 0.2) is 18.3 Å². The first-order chi connectivity index (χ1) is 9.56. The van der Waals surface area contributed by atoms with Gasteiger partial charge in [0.2, 0.25) is 0 Å². The van der Waals surface area contributed by atoms with Crippen LogP contribution in [0.1, 0.15) is 49.6 Å². The van der Waals surface area contributed by atoms with Crippen LogP contribution in [0.3, 0.4) is 0 Å². The van der Waals surface area contributed by atoms with Gasteiger partial charge in [-0.05, 0) is 45.2 Å². The highest BCUT2D eigenvalue weighted by Crippen LogP contribution is 2.22. The van der Waals surface area contributed by atoms with Gasteiger partial charge < -0.3 is 14.2 Å². The molecular weight excluding hydrogens is 256 g/mol. The molecule has 1 aliphatic heterocycles. The van der Waals surface area contributed by atoms with Gasteiger partial charge in [0.1, 0.15) is 11.7 Å². The number of rotatable bonds is 3. The second kappa shape index (κ2) is 6.11. The summed E-state index contributed by atoms with van der Waals surface area (Å²) in [4.78, 5) is 26.2.